The number of ether oxygens (including phenoxy) is 1. The molecule has 0 bridgehead atoms. The number of benzene rings is 2. The smallest absolute Gasteiger partial charge is 0.119 e. The highest BCUT2D eigenvalue weighted by Gasteiger charge is 2.24. The number of hydrogen-bond donors (Lipinski definition) is 1. The summed E-state index contributed by atoms with van der Waals surface area (Å²) in [6.07, 6.45) is 1.19. The van der Waals surface area contributed by atoms with Crippen LogP contribution in [-0.4, -0.2) is 37.7 Å². The fourth-order valence-corrected chi connectivity index (χ4v) is 3.85. The lowest BCUT2D eigenvalue weighted by molar-refractivity contribution is 0.240. The molecule has 2 aromatic rings. The Hall–Kier alpha value is -1.84. The summed E-state index contributed by atoms with van der Waals surface area (Å²) in [7, 11) is 0. The largest absolute Gasteiger partial charge is 0.494 e. The first-order valence-electron chi connectivity index (χ1n) is 9.43. The van der Waals surface area contributed by atoms with Gasteiger partial charge in [0.25, 0.3) is 0 Å². The van der Waals surface area contributed by atoms with Crippen molar-refractivity contribution < 1.29 is 4.74 Å². The zero-order chi connectivity index (χ0) is 17.6. The Morgan fingerprint density at radius 3 is 2.56 bits per heavy atom. The summed E-state index contributed by atoms with van der Waals surface area (Å²) in [6, 6.07) is 15.8. The van der Waals surface area contributed by atoms with E-state index in [2.05, 4.69) is 66.5 Å². The second-order valence-corrected chi connectivity index (χ2v) is 6.97. The Bertz CT molecular complexity index is 670. The minimum atomic E-state index is 0.277. The van der Waals surface area contributed by atoms with Crippen LogP contribution in [0.3, 0.4) is 0 Å². The third-order valence-electron chi connectivity index (χ3n) is 4.78. The normalized spacial score (nSPS) is 17.1. The third-order valence-corrected chi connectivity index (χ3v) is 4.78. The summed E-state index contributed by atoms with van der Waals surface area (Å²) in [6.45, 7) is 11.4. The van der Waals surface area contributed by atoms with Gasteiger partial charge in [-0.05, 0) is 57.0 Å². The van der Waals surface area contributed by atoms with Crippen molar-refractivity contribution in [2.75, 3.05) is 32.8 Å². The lowest BCUT2D eigenvalue weighted by Crippen LogP contribution is -2.33. The van der Waals surface area contributed by atoms with Gasteiger partial charge in [-0.3, -0.25) is 4.90 Å². The SMILES string of the molecule is CCOc1cccc(C(c2cc(C)cc(C)c2)N2CCCNCC2)c1. The fourth-order valence-electron chi connectivity index (χ4n) is 3.85. The fraction of sp³-hybridized carbons (Fsp3) is 0.455. The molecule has 0 spiro atoms. The maximum absolute atomic E-state index is 5.76. The van der Waals surface area contributed by atoms with Crippen molar-refractivity contribution in [1.82, 2.24) is 10.2 Å². The molecule has 134 valence electrons. The molecular formula is C22H30N2O. The van der Waals surface area contributed by atoms with E-state index in [4.69, 9.17) is 4.74 Å². The van der Waals surface area contributed by atoms with Gasteiger partial charge < -0.3 is 10.1 Å². The molecule has 0 aliphatic carbocycles. The molecule has 25 heavy (non-hydrogen) atoms. The van der Waals surface area contributed by atoms with Crippen molar-refractivity contribution in [3.8, 4) is 5.75 Å². The van der Waals surface area contributed by atoms with Gasteiger partial charge in [0.1, 0.15) is 5.75 Å². The Morgan fingerprint density at radius 2 is 1.80 bits per heavy atom. The van der Waals surface area contributed by atoms with Crippen LogP contribution in [0.25, 0.3) is 0 Å². The van der Waals surface area contributed by atoms with Crippen molar-refractivity contribution in [3.05, 3.63) is 64.7 Å². The van der Waals surface area contributed by atoms with Gasteiger partial charge >= 0.3 is 0 Å². The van der Waals surface area contributed by atoms with Crippen molar-refractivity contribution in [2.45, 2.75) is 33.2 Å². The lowest BCUT2D eigenvalue weighted by atomic mass is 9.94. The molecule has 0 aromatic heterocycles. The van der Waals surface area contributed by atoms with Crippen LogP contribution in [0, 0.1) is 13.8 Å². The third kappa shape index (κ3) is 4.62. The van der Waals surface area contributed by atoms with Gasteiger partial charge in [0, 0.05) is 19.6 Å². The molecule has 1 aliphatic rings. The molecule has 1 heterocycles. The Labute approximate surface area is 152 Å². The highest BCUT2D eigenvalue weighted by atomic mass is 16.5. The van der Waals surface area contributed by atoms with E-state index in [9.17, 15) is 0 Å². The van der Waals surface area contributed by atoms with Crippen molar-refractivity contribution >= 4 is 0 Å². The molecule has 0 amide bonds. The first kappa shape index (κ1) is 18.0. The van der Waals surface area contributed by atoms with E-state index in [-0.39, 0.29) is 6.04 Å². The van der Waals surface area contributed by atoms with Crippen LogP contribution in [0.1, 0.15) is 41.6 Å². The van der Waals surface area contributed by atoms with E-state index in [0.29, 0.717) is 6.61 Å². The number of rotatable bonds is 5. The number of nitrogens with zero attached hydrogens (tertiary/aromatic N) is 1. The molecule has 1 saturated heterocycles. The van der Waals surface area contributed by atoms with Gasteiger partial charge in [0.05, 0.1) is 12.6 Å². The van der Waals surface area contributed by atoms with E-state index >= 15 is 0 Å². The molecule has 1 fully saturated rings. The quantitative estimate of drug-likeness (QED) is 0.889. The van der Waals surface area contributed by atoms with Crippen LogP contribution in [0.4, 0.5) is 0 Å². The van der Waals surface area contributed by atoms with Crippen LogP contribution in [-0.2, 0) is 0 Å². The van der Waals surface area contributed by atoms with E-state index in [0.717, 1.165) is 31.9 Å². The van der Waals surface area contributed by atoms with Gasteiger partial charge in [-0.2, -0.15) is 0 Å². The zero-order valence-electron chi connectivity index (χ0n) is 15.7. The maximum atomic E-state index is 5.76. The molecule has 1 unspecified atom stereocenters. The predicted molar refractivity (Wildman–Crippen MR) is 104 cm³/mol. The molecular weight excluding hydrogens is 308 g/mol. The first-order chi connectivity index (χ1) is 12.2. The van der Waals surface area contributed by atoms with Crippen LogP contribution in [0.2, 0.25) is 0 Å². The van der Waals surface area contributed by atoms with Gasteiger partial charge in [-0.1, -0.05) is 41.5 Å². The van der Waals surface area contributed by atoms with Crippen molar-refractivity contribution in [2.24, 2.45) is 0 Å². The van der Waals surface area contributed by atoms with Crippen LogP contribution >= 0.6 is 0 Å². The summed E-state index contributed by atoms with van der Waals surface area (Å²) in [4.78, 5) is 2.61. The lowest BCUT2D eigenvalue weighted by Gasteiger charge is -2.32. The second kappa shape index (κ2) is 8.50. The minimum Gasteiger partial charge on any atom is -0.494 e. The van der Waals surface area contributed by atoms with Gasteiger partial charge in [-0.25, -0.2) is 0 Å². The topological polar surface area (TPSA) is 24.5 Å². The van der Waals surface area contributed by atoms with Crippen molar-refractivity contribution in [1.29, 1.82) is 0 Å². The van der Waals surface area contributed by atoms with E-state index in [1.807, 2.05) is 6.92 Å². The summed E-state index contributed by atoms with van der Waals surface area (Å²) in [5, 5.41) is 3.52. The Kier molecular flexibility index (Phi) is 6.11. The average Bonchev–Trinajstić information content (AvgIpc) is 2.84. The first-order valence-corrected chi connectivity index (χ1v) is 9.43. The van der Waals surface area contributed by atoms with Gasteiger partial charge in [-0.15, -0.1) is 0 Å². The van der Waals surface area contributed by atoms with E-state index < -0.39 is 0 Å². The molecule has 3 nitrogen and oxygen atoms in total. The summed E-state index contributed by atoms with van der Waals surface area (Å²) >= 11 is 0. The predicted octanol–water partition coefficient (Wildman–Crippen LogP) is 4.09. The molecule has 0 saturated carbocycles. The Morgan fingerprint density at radius 1 is 1.00 bits per heavy atom. The standard InChI is InChI=1S/C22H30N2O/c1-4-25-21-8-5-7-19(16-21)22(24-11-6-9-23-10-12-24)20-14-17(2)13-18(3)15-20/h5,7-8,13-16,22-23H,4,6,9-12H2,1-3H3. The zero-order valence-corrected chi connectivity index (χ0v) is 15.7. The minimum absolute atomic E-state index is 0.277. The molecule has 1 aliphatic heterocycles. The van der Waals surface area contributed by atoms with Crippen LogP contribution in [0.15, 0.2) is 42.5 Å². The van der Waals surface area contributed by atoms with Crippen molar-refractivity contribution in [3.63, 3.8) is 0 Å². The molecule has 3 rings (SSSR count). The van der Waals surface area contributed by atoms with Crippen LogP contribution in [0.5, 0.6) is 5.75 Å². The molecule has 0 radical (unpaired) electrons. The summed E-state index contributed by atoms with van der Waals surface area (Å²) in [5.74, 6) is 0.960. The monoisotopic (exact) mass is 338 g/mol. The summed E-state index contributed by atoms with van der Waals surface area (Å²) in [5.41, 5.74) is 5.36. The molecule has 1 atom stereocenters. The summed E-state index contributed by atoms with van der Waals surface area (Å²) < 4.78 is 5.76. The highest BCUT2D eigenvalue weighted by Crippen LogP contribution is 2.32. The molecule has 2 aromatic carbocycles. The maximum Gasteiger partial charge on any atom is 0.119 e. The van der Waals surface area contributed by atoms with E-state index in [1.54, 1.807) is 0 Å². The van der Waals surface area contributed by atoms with Gasteiger partial charge in [0.15, 0.2) is 0 Å². The van der Waals surface area contributed by atoms with E-state index in [1.165, 1.54) is 28.7 Å². The molecule has 3 heteroatoms. The number of aryl methyl sites for hydroxylation is 2. The second-order valence-electron chi connectivity index (χ2n) is 6.97. The van der Waals surface area contributed by atoms with Crippen LogP contribution < -0.4 is 10.1 Å². The van der Waals surface area contributed by atoms with Gasteiger partial charge in [0.2, 0.25) is 0 Å². The number of hydrogen-bond acceptors (Lipinski definition) is 3. The number of nitrogens with one attached hydrogen (secondary N) is 1. The molecule has 1 N–H and O–H groups in total. The highest BCUT2D eigenvalue weighted by molar-refractivity contribution is 5.40. The average molecular weight is 338 g/mol. The Balaban J connectivity index is 2.02.